The van der Waals surface area contributed by atoms with Gasteiger partial charge >= 0.3 is 0 Å². The van der Waals surface area contributed by atoms with Crippen molar-refractivity contribution in [2.75, 3.05) is 0 Å². The predicted octanol–water partition coefficient (Wildman–Crippen LogP) is 3.59. The number of hydrogen-bond acceptors (Lipinski definition) is 4. The Morgan fingerprint density at radius 2 is 1.92 bits per heavy atom. The highest BCUT2D eigenvalue weighted by atomic mass is 32.2. The van der Waals surface area contributed by atoms with Crippen LogP contribution in [0.4, 0.5) is 13.2 Å². The smallest absolute Gasteiger partial charge is 0.289 e. The van der Waals surface area contributed by atoms with Crippen LogP contribution in [0.2, 0.25) is 0 Å². The molecule has 24 heavy (non-hydrogen) atoms. The Bertz CT molecular complexity index is 717. The van der Waals surface area contributed by atoms with Crippen LogP contribution in [0.1, 0.15) is 51.4 Å². The Kier molecular flexibility index (Phi) is 5.46. The molecular weight excluding hydrogens is 341 g/mol. The van der Waals surface area contributed by atoms with E-state index in [1.807, 2.05) is 20.8 Å². The van der Waals surface area contributed by atoms with Crippen molar-refractivity contribution in [2.45, 2.75) is 58.1 Å². The maximum atomic E-state index is 13.6. The minimum Gasteiger partial charge on any atom is -0.598 e. The minimum atomic E-state index is -3.16. The van der Waals surface area contributed by atoms with Crippen LogP contribution in [0.5, 0.6) is 0 Å². The second kappa shape index (κ2) is 6.89. The topological polar surface area (TPSA) is 65.8 Å². The molecule has 0 amide bonds. The number of nitrogens with one attached hydrogen (secondary N) is 1. The number of rotatable bonds is 5. The molecule has 2 rings (SSSR count). The van der Waals surface area contributed by atoms with Gasteiger partial charge in [-0.2, -0.15) is 5.10 Å². The number of halogens is 3. The van der Waals surface area contributed by atoms with Crippen LogP contribution < -0.4 is 4.72 Å². The quantitative estimate of drug-likeness (QED) is 0.826. The van der Waals surface area contributed by atoms with E-state index in [9.17, 15) is 17.7 Å². The molecule has 2 aromatic heterocycles. The summed E-state index contributed by atoms with van der Waals surface area (Å²) < 4.78 is 54.2. The average molecular weight is 362 g/mol. The zero-order chi connectivity index (χ0) is 18.2. The summed E-state index contributed by atoms with van der Waals surface area (Å²) in [5.41, 5.74) is 1.21. The fourth-order valence-electron chi connectivity index (χ4n) is 2.14. The highest BCUT2D eigenvalue weighted by molar-refractivity contribution is 7.90. The molecule has 5 nitrogen and oxygen atoms in total. The van der Waals surface area contributed by atoms with Gasteiger partial charge in [-0.15, -0.1) is 4.72 Å². The lowest BCUT2D eigenvalue weighted by Crippen LogP contribution is -2.40. The first-order valence-electron chi connectivity index (χ1n) is 7.47. The maximum absolute atomic E-state index is 13.6. The lowest BCUT2D eigenvalue weighted by Gasteiger charge is -2.26. The fourth-order valence-corrected chi connectivity index (χ4v) is 2.93. The summed E-state index contributed by atoms with van der Waals surface area (Å²) in [6.45, 7) is 8.96. The molecule has 2 heterocycles. The van der Waals surface area contributed by atoms with E-state index >= 15 is 0 Å². The van der Waals surface area contributed by atoms with Crippen molar-refractivity contribution in [3.05, 3.63) is 23.7 Å². The van der Waals surface area contributed by atoms with Crippen LogP contribution in [0, 0.1) is 6.92 Å². The van der Waals surface area contributed by atoms with E-state index in [1.54, 1.807) is 19.9 Å². The van der Waals surface area contributed by atoms with E-state index < -0.39 is 28.8 Å². The van der Waals surface area contributed by atoms with Crippen LogP contribution in [-0.4, -0.2) is 30.5 Å². The number of aryl methyl sites for hydroxylation is 1. The Balaban J connectivity index is 2.34. The van der Waals surface area contributed by atoms with Crippen molar-refractivity contribution >= 4 is 22.3 Å². The number of fused-ring (bicyclic) bond motifs is 1. The minimum absolute atomic E-state index is 0.202. The van der Waals surface area contributed by atoms with Crippen LogP contribution in [0.25, 0.3) is 10.9 Å². The molecule has 3 atom stereocenters. The third-order valence-electron chi connectivity index (χ3n) is 3.52. The van der Waals surface area contributed by atoms with Gasteiger partial charge in [0, 0.05) is 16.7 Å². The second-order valence-corrected chi connectivity index (χ2v) is 8.58. The summed E-state index contributed by atoms with van der Waals surface area (Å²) in [6.07, 6.45) is -4.36. The third-order valence-corrected chi connectivity index (χ3v) is 5.20. The Morgan fingerprint density at radius 3 is 2.46 bits per heavy atom. The maximum Gasteiger partial charge on any atom is 0.289 e. The van der Waals surface area contributed by atoms with Gasteiger partial charge in [-0.3, -0.25) is 4.98 Å². The molecule has 2 aromatic rings. The molecule has 0 aliphatic rings. The Labute approximate surface area is 142 Å². The molecule has 0 saturated carbocycles. The molecule has 0 spiro atoms. The van der Waals surface area contributed by atoms with E-state index in [2.05, 4.69) is 14.8 Å². The molecule has 0 fully saturated rings. The van der Waals surface area contributed by atoms with E-state index in [4.69, 9.17) is 0 Å². The monoisotopic (exact) mass is 362 g/mol. The van der Waals surface area contributed by atoms with E-state index in [-0.39, 0.29) is 11.6 Å². The molecule has 0 saturated heterocycles. The highest BCUT2D eigenvalue weighted by Crippen LogP contribution is 2.27. The third kappa shape index (κ3) is 3.84. The molecule has 0 bridgehead atoms. The summed E-state index contributed by atoms with van der Waals surface area (Å²) in [7, 11) is 0. The van der Waals surface area contributed by atoms with Crippen molar-refractivity contribution in [3.8, 4) is 0 Å². The molecule has 0 aliphatic heterocycles. The van der Waals surface area contributed by atoms with Gasteiger partial charge in [0.2, 0.25) is 0 Å². The van der Waals surface area contributed by atoms with Gasteiger partial charge in [0.05, 0.1) is 29.1 Å². The first-order valence-corrected chi connectivity index (χ1v) is 8.62. The predicted molar refractivity (Wildman–Crippen MR) is 87.9 cm³/mol. The summed E-state index contributed by atoms with van der Waals surface area (Å²) >= 11 is -1.29. The largest absolute Gasteiger partial charge is 0.598 e. The number of nitrogens with zero attached hydrogens (tertiary/aromatic N) is 3. The Hall–Kier alpha value is -1.32. The molecule has 2 unspecified atom stereocenters. The van der Waals surface area contributed by atoms with Crippen molar-refractivity contribution in [1.82, 2.24) is 19.5 Å². The van der Waals surface area contributed by atoms with Gasteiger partial charge in [0.15, 0.2) is 0 Å². The summed E-state index contributed by atoms with van der Waals surface area (Å²) in [6, 6.07) is 1.33. The van der Waals surface area contributed by atoms with Gasteiger partial charge in [-0.25, -0.2) is 17.9 Å². The molecule has 0 aromatic carbocycles. The lowest BCUT2D eigenvalue weighted by atomic mass is 10.1. The first-order chi connectivity index (χ1) is 11.0. The number of aromatic nitrogens is 3. The first kappa shape index (κ1) is 19.0. The van der Waals surface area contributed by atoms with Gasteiger partial charge in [0.1, 0.15) is 4.75 Å². The van der Waals surface area contributed by atoms with E-state index in [0.717, 1.165) is 0 Å². The number of alkyl halides is 3. The van der Waals surface area contributed by atoms with Crippen LogP contribution in [-0.2, 0) is 11.4 Å². The zero-order valence-electron chi connectivity index (χ0n) is 14.2. The highest BCUT2D eigenvalue weighted by Gasteiger charge is 2.29. The lowest BCUT2D eigenvalue weighted by molar-refractivity contribution is 0.00327. The van der Waals surface area contributed by atoms with Crippen LogP contribution in [0.15, 0.2) is 12.3 Å². The zero-order valence-corrected chi connectivity index (χ0v) is 15.0. The molecule has 9 heteroatoms. The fraction of sp³-hybridized carbons (Fsp3) is 0.600. The molecule has 0 radical (unpaired) electrons. The van der Waals surface area contributed by atoms with Gasteiger partial charge < -0.3 is 4.55 Å². The van der Waals surface area contributed by atoms with Crippen molar-refractivity contribution in [2.24, 2.45) is 0 Å². The number of pyridine rings is 1. The summed E-state index contributed by atoms with van der Waals surface area (Å²) in [4.78, 5) is 4.19. The van der Waals surface area contributed by atoms with Crippen molar-refractivity contribution in [1.29, 1.82) is 0 Å². The van der Waals surface area contributed by atoms with Gasteiger partial charge in [-0.05, 0) is 40.7 Å². The second-order valence-electron chi connectivity index (χ2n) is 6.58. The molecular formula is C15H21F3N4OS. The van der Waals surface area contributed by atoms with Crippen LogP contribution in [0.3, 0.4) is 0 Å². The van der Waals surface area contributed by atoms with Gasteiger partial charge in [0.25, 0.3) is 12.7 Å². The summed E-state index contributed by atoms with van der Waals surface area (Å²) in [5.74, 6) is 0. The normalized spacial score (nSPS) is 16.6. The standard InChI is InChI=1S/C15H21F3N4OS/c1-8-10-6-11(9(2)21-24(23)15(3,4)5)19-7-12(10)22(20-8)14(18)13(16)17/h6-7,9,13-14,21H,1-5H3/t9-,14?,24?/m1/s1. The molecule has 1 N–H and O–H groups in total. The molecule has 134 valence electrons. The SMILES string of the molecule is Cc1nn(C(F)C(F)F)c2cnc([C@@H](C)N[S+]([O-])C(C)(C)C)cc12. The Morgan fingerprint density at radius 1 is 1.29 bits per heavy atom. The van der Waals surface area contributed by atoms with Crippen molar-refractivity contribution < 1.29 is 17.7 Å². The van der Waals surface area contributed by atoms with Crippen LogP contribution >= 0.6 is 0 Å². The van der Waals surface area contributed by atoms with Crippen molar-refractivity contribution in [3.63, 3.8) is 0 Å². The van der Waals surface area contributed by atoms with E-state index in [0.29, 0.717) is 21.5 Å². The molecule has 0 aliphatic carbocycles. The van der Waals surface area contributed by atoms with Gasteiger partial charge in [-0.1, -0.05) is 0 Å². The van der Waals surface area contributed by atoms with E-state index in [1.165, 1.54) is 6.20 Å². The summed E-state index contributed by atoms with van der Waals surface area (Å²) in [5, 5.41) is 4.39. The average Bonchev–Trinajstić information content (AvgIpc) is 2.81. The number of hydrogen-bond donors (Lipinski definition) is 1.